The predicted molar refractivity (Wildman–Crippen MR) is 121 cm³/mol. The minimum absolute atomic E-state index is 0.0501. The average Bonchev–Trinajstić information content (AvgIpc) is 2.83. The summed E-state index contributed by atoms with van der Waals surface area (Å²) in [4.78, 5) is 24.6. The number of esters is 1. The molecule has 0 fully saturated rings. The summed E-state index contributed by atoms with van der Waals surface area (Å²) in [6, 6.07) is 20.7. The van der Waals surface area contributed by atoms with Crippen LogP contribution in [0.5, 0.6) is 5.75 Å². The third-order valence-corrected chi connectivity index (χ3v) is 6.67. The van der Waals surface area contributed by atoms with E-state index in [1.54, 1.807) is 55.5 Å². The molecule has 0 aromatic heterocycles. The molecule has 0 amide bonds. The minimum Gasteiger partial charge on any atom is -0.497 e. The molecular formula is C24H23NO6S. The van der Waals surface area contributed by atoms with Gasteiger partial charge in [-0.2, -0.15) is 0 Å². The van der Waals surface area contributed by atoms with Crippen LogP contribution in [0.15, 0.2) is 83.8 Å². The summed E-state index contributed by atoms with van der Waals surface area (Å²) < 4.78 is 37.5. The largest absolute Gasteiger partial charge is 0.497 e. The topological polar surface area (TPSA) is 90.0 Å². The smallest absolute Gasteiger partial charge is 0.338 e. The lowest BCUT2D eigenvalue weighted by atomic mass is 10.1. The van der Waals surface area contributed by atoms with E-state index in [1.807, 2.05) is 6.07 Å². The molecule has 0 saturated carbocycles. The molecule has 0 saturated heterocycles. The van der Waals surface area contributed by atoms with Crippen LogP contribution in [0, 0.1) is 0 Å². The molecule has 0 bridgehead atoms. The van der Waals surface area contributed by atoms with Gasteiger partial charge >= 0.3 is 5.97 Å². The highest BCUT2D eigenvalue weighted by molar-refractivity contribution is 7.92. The zero-order valence-corrected chi connectivity index (χ0v) is 18.5. The second-order valence-electron chi connectivity index (χ2n) is 6.76. The van der Waals surface area contributed by atoms with Gasteiger partial charge in [0.2, 0.25) is 0 Å². The number of carbonyl (C=O) groups excluding carboxylic acids is 2. The quantitative estimate of drug-likeness (QED) is 0.360. The normalized spacial score (nSPS) is 10.9. The Hall–Kier alpha value is -3.65. The number of para-hydroxylation sites is 1. The van der Waals surface area contributed by atoms with Crippen LogP contribution in [-0.2, 0) is 14.8 Å². The molecule has 0 aliphatic carbocycles. The molecule has 0 spiro atoms. The van der Waals surface area contributed by atoms with Gasteiger partial charge in [-0.05, 0) is 67.6 Å². The lowest BCUT2D eigenvalue weighted by Gasteiger charge is -2.22. The average molecular weight is 454 g/mol. The molecule has 0 aliphatic rings. The zero-order valence-electron chi connectivity index (χ0n) is 17.7. The maximum absolute atomic E-state index is 13.0. The molecule has 0 N–H and O–H groups in total. The molecule has 3 aromatic rings. The van der Waals surface area contributed by atoms with E-state index in [-0.39, 0.29) is 22.8 Å². The van der Waals surface area contributed by atoms with Crippen LogP contribution in [0.3, 0.4) is 0 Å². The zero-order chi connectivity index (χ0) is 23.1. The van der Waals surface area contributed by atoms with E-state index in [1.165, 1.54) is 35.7 Å². The Kier molecular flexibility index (Phi) is 7.27. The van der Waals surface area contributed by atoms with Crippen LogP contribution in [-0.4, -0.2) is 40.4 Å². The maximum Gasteiger partial charge on any atom is 0.338 e. The molecule has 0 heterocycles. The molecular weight excluding hydrogens is 430 g/mol. The second kappa shape index (κ2) is 10.1. The summed E-state index contributed by atoms with van der Waals surface area (Å²) in [5, 5.41) is 0. The number of rotatable bonds is 9. The van der Waals surface area contributed by atoms with E-state index in [0.717, 1.165) is 0 Å². The minimum atomic E-state index is -3.80. The Bertz CT molecular complexity index is 1170. The van der Waals surface area contributed by atoms with Crippen LogP contribution in [0.1, 0.15) is 27.6 Å². The van der Waals surface area contributed by atoms with E-state index in [4.69, 9.17) is 9.47 Å². The van der Waals surface area contributed by atoms with Gasteiger partial charge in [0.25, 0.3) is 10.0 Å². The third-order valence-electron chi connectivity index (χ3n) is 4.76. The van der Waals surface area contributed by atoms with Gasteiger partial charge < -0.3 is 9.47 Å². The SMILES string of the molecule is CCN(c1ccccc1)S(=O)(=O)c1ccc(C(=O)OCC(=O)c2ccc(OC)cc2)cc1. The number of anilines is 1. The molecule has 7 nitrogen and oxygen atoms in total. The lowest BCUT2D eigenvalue weighted by molar-refractivity contribution is 0.0474. The predicted octanol–water partition coefficient (Wildman–Crippen LogP) is 3.95. The van der Waals surface area contributed by atoms with Crippen molar-refractivity contribution in [3.8, 4) is 5.75 Å². The summed E-state index contributed by atoms with van der Waals surface area (Å²) >= 11 is 0. The van der Waals surface area contributed by atoms with E-state index >= 15 is 0 Å². The van der Waals surface area contributed by atoms with Crippen molar-refractivity contribution in [1.29, 1.82) is 0 Å². The number of hydrogen-bond acceptors (Lipinski definition) is 6. The number of nitrogens with zero attached hydrogens (tertiary/aromatic N) is 1. The van der Waals surface area contributed by atoms with Crippen molar-refractivity contribution in [3.63, 3.8) is 0 Å². The van der Waals surface area contributed by atoms with Crippen LogP contribution in [0.4, 0.5) is 5.69 Å². The summed E-state index contributed by atoms with van der Waals surface area (Å²) in [6.07, 6.45) is 0. The van der Waals surface area contributed by atoms with Gasteiger partial charge in [-0.1, -0.05) is 18.2 Å². The molecule has 3 rings (SSSR count). The van der Waals surface area contributed by atoms with Crippen molar-refractivity contribution in [2.75, 3.05) is 24.6 Å². The van der Waals surface area contributed by atoms with E-state index in [9.17, 15) is 18.0 Å². The Balaban J connectivity index is 1.67. The molecule has 3 aromatic carbocycles. The summed E-state index contributed by atoms with van der Waals surface area (Å²) in [6.45, 7) is 1.57. The molecule has 8 heteroatoms. The number of carbonyl (C=O) groups is 2. The van der Waals surface area contributed by atoms with Crippen LogP contribution in [0.25, 0.3) is 0 Å². The molecule has 0 atom stereocenters. The van der Waals surface area contributed by atoms with Crippen LogP contribution >= 0.6 is 0 Å². The first-order valence-corrected chi connectivity index (χ1v) is 11.3. The van der Waals surface area contributed by atoms with Gasteiger partial charge in [0.05, 0.1) is 23.3 Å². The first kappa shape index (κ1) is 23.0. The number of sulfonamides is 1. The van der Waals surface area contributed by atoms with Crippen LogP contribution < -0.4 is 9.04 Å². The Labute approximate surface area is 187 Å². The molecule has 0 unspecified atom stereocenters. The Morgan fingerprint density at radius 1 is 0.844 bits per heavy atom. The fourth-order valence-electron chi connectivity index (χ4n) is 3.05. The first-order chi connectivity index (χ1) is 15.4. The fourth-order valence-corrected chi connectivity index (χ4v) is 4.52. The Morgan fingerprint density at radius 3 is 2.00 bits per heavy atom. The second-order valence-corrected chi connectivity index (χ2v) is 8.62. The van der Waals surface area contributed by atoms with Crippen molar-refractivity contribution < 1.29 is 27.5 Å². The van der Waals surface area contributed by atoms with E-state index in [0.29, 0.717) is 17.0 Å². The van der Waals surface area contributed by atoms with E-state index in [2.05, 4.69) is 0 Å². The Morgan fingerprint density at radius 2 is 1.44 bits per heavy atom. The fraction of sp³-hybridized carbons (Fsp3) is 0.167. The molecule has 0 radical (unpaired) electrons. The summed E-state index contributed by atoms with van der Waals surface area (Å²) in [7, 11) is -2.27. The molecule has 32 heavy (non-hydrogen) atoms. The summed E-state index contributed by atoms with van der Waals surface area (Å²) in [5.74, 6) is -0.463. The monoisotopic (exact) mass is 453 g/mol. The van der Waals surface area contributed by atoms with Gasteiger partial charge in [-0.25, -0.2) is 13.2 Å². The van der Waals surface area contributed by atoms with Gasteiger partial charge in [-0.3, -0.25) is 9.10 Å². The van der Waals surface area contributed by atoms with Gasteiger partial charge in [0.15, 0.2) is 12.4 Å². The summed E-state index contributed by atoms with van der Waals surface area (Å²) in [5.41, 5.74) is 1.09. The van der Waals surface area contributed by atoms with Crippen molar-refractivity contribution in [3.05, 3.63) is 90.0 Å². The highest BCUT2D eigenvalue weighted by Crippen LogP contribution is 2.23. The lowest BCUT2D eigenvalue weighted by Crippen LogP contribution is -2.30. The van der Waals surface area contributed by atoms with Crippen molar-refractivity contribution in [2.45, 2.75) is 11.8 Å². The van der Waals surface area contributed by atoms with Gasteiger partial charge in [0.1, 0.15) is 5.75 Å². The highest BCUT2D eigenvalue weighted by Gasteiger charge is 2.24. The standard InChI is InChI=1S/C24H23NO6S/c1-3-25(20-7-5-4-6-8-20)32(28,29)22-15-11-19(12-16-22)24(27)31-17-23(26)18-9-13-21(30-2)14-10-18/h4-16H,3,17H2,1-2H3. The number of ketones is 1. The van der Waals surface area contributed by atoms with Gasteiger partial charge in [0, 0.05) is 12.1 Å². The highest BCUT2D eigenvalue weighted by atomic mass is 32.2. The third kappa shape index (κ3) is 5.15. The number of ether oxygens (including phenoxy) is 2. The maximum atomic E-state index is 13.0. The van der Waals surface area contributed by atoms with Gasteiger partial charge in [-0.15, -0.1) is 0 Å². The molecule has 0 aliphatic heterocycles. The van der Waals surface area contributed by atoms with Crippen molar-refractivity contribution in [1.82, 2.24) is 0 Å². The number of benzene rings is 3. The number of Topliss-reactive ketones (excluding diaryl/α,β-unsaturated/α-hetero) is 1. The van der Waals surface area contributed by atoms with Crippen molar-refractivity contribution >= 4 is 27.5 Å². The first-order valence-electron chi connectivity index (χ1n) is 9.89. The molecule has 166 valence electrons. The number of methoxy groups -OCH3 is 1. The van der Waals surface area contributed by atoms with E-state index < -0.39 is 22.6 Å². The van der Waals surface area contributed by atoms with Crippen molar-refractivity contribution in [2.24, 2.45) is 0 Å². The van der Waals surface area contributed by atoms with Crippen LogP contribution in [0.2, 0.25) is 0 Å². The number of hydrogen-bond donors (Lipinski definition) is 0.